The van der Waals surface area contributed by atoms with Gasteiger partial charge in [-0.2, -0.15) is 0 Å². The zero-order valence-electron chi connectivity index (χ0n) is 15.8. The second-order valence-corrected chi connectivity index (χ2v) is 9.26. The summed E-state index contributed by atoms with van der Waals surface area (Å²) < 4.78 is 5.89. The van der Waals surface area contributed by atoms with Gasteiger partial charge in [-0.05, 0) is 39.5 Å². The molecule has 10 heteroatoms. The summed E-state index contributed by atoms with van der Waals surface area (Å²) in [6.45, 7) is 5.59. The maximum absolute atomic E-state index is 12.2. The second-order valence-electron chi connectivity index (χ2n) is 6.86. The Morgan fingerprint density at radius 1 is 1.22 bits per heavy atom. The summed E-state index contributed by atoms with van der Waals surface area (Å²) in [6, 6.07) is 0.901. The van der Waals surface area contributed by atoms with E-state index in [0.717, 1.165) is 48.1 Å². The van der Waals surface area contributed by atoms with Gasteiger partial charge in [0.25, 0.3) is 0 Å². The number of piperidine rings is 1. The molecule has 1 saturated heterocycles. The number of likely N-dealkylation sites (tertiary alicyclic amines) is 1. The van der Waals surface area contributed by atoms with Crippen molar-refractivity contribution >= 4 is 35.1 Å². The van der Waals surface area contributed by atoms with Crippen molar-refractivity contribution < 1.29 is 14.3 Å². The van der Waals surface area contributed by atoms with E-state index in [1.54, 1.807) is 4.90 Å². The van der Waals surface area contributed by atoms with Crippen molar-refractivity contribution in [2.45, 2.75) is 62.0 Å². The van der Waals surface area contributed by atoms with Gasteiger partial charge < -0.3 is 20.3 Å². The molecular formula is C17H27N5O3S2. The molecule has 1 aromatic rings. The Bertz CT molecular complexity index is 648. The molecular weight excluding hydrogens is 386 g/mol. The summed E-state index contributed by atoms with van der Waals surface area (Å²) in [5.74, 6) is 0.414. The fourth-order valence-electron chi connectivity index (χ4n) is 3.33. The van der Waals surface area contributed by atoms with Crippen LogP contribution in [0.3, 0.4) is 0 Å². The summed E-state index contributed by atoms with van der Waals surface area (Å²) >= 11 is 2.94. The maximum atomic E-state index is 12.2. The van der Waals surface area contributed by atoms with Crippen molar-refractivity contribution in [3.63, 3.8) is 0 Å². The Balaban J connectivity index is 1.34. The molecule has 3 rings (SSSR count). The average molecular weight is 414 g/mol. The van der Waals surface area contributed by atoms with Crippen LogP contribution in [0.2, 0.25) is 0 Å². The average Bonchev–Trinajstić information content (AvgIpc) is 3.07. The normalized spacial score (nSPS) is 23.0. The topological polar surface area (TPSA) is 96.5 Å². The number of hydrogen-bond donors (Lipinski definition) is 2. The first-order valence-electron chi connectivity index (χ1n) is 9.45. The number of ether oxygens (including phenoxy) is 1. The Morgan fingerprint density at radius 2 is 1.96 bits per heavy atom. The predicted octanol–water partition coefficient (Wildman–Crippen LogP) is 1.80. The van der Waals surface area contributed by atoms with Crippen molar-refractivity contribution in [3.8, 4) is 0 Å². The van der Waals surface area contributed by atoms with Gasteiger partial charge >= 0.3 is 6.09 Å². The minimum absolute atomic E-state index is 0.0430. The van der Waals surface area contributed by atoms with Crippen LogP contribution in [0.15, 0.2) is 4.34 Å². The van der Waals surface area contributed by atoms with Crippen molar-refractivity contribution in [1.29, 1.82) is 0 Å². The van der Waals surface area contributed by atoms with Gasteiger partial charge in [-0.3, -0.25) is 4.79 Å². The standard InChI is InChI=1S/C17H27N5O3S2/c1-3-25-17(24)22-8-6-12(7-9-22)18-13-4-5-14(13)19-15(23)10-26-16-21-20-11(2)27-16/h12-14,18H,3-10H2,1-2H3,(H,19,23)/t13-,14+/m1/s1. The third-order valence-corrected chi connectivity index (χ3v) is 6.90. The van der Waals surface area contributed by atoms with Crippen LogP contribution >= 0.6 is 23.1 Å². The van der Waals surface area contributed by atoms with Crippen molar-refractivity contribution in [2.24, 2.45) is 0 Å². The summed E-state index contributed by atoms with van der Waals surface area (Å²) in [5, 5.41) is 15.7. The van der Waals surface area contributed by atoms with Crippen LogP contribution in [-0.2, 0) is 9.53 Å². The molecule has 0 bridgehead atoms. The molecule has 1 aliphatic heterocycles. The molecule has 2 N–H and O–H groups in total. The molecule has 0 radical (unpaired) electrons. The summed E-state index contributed by atoms with van der Waals surface area (Å²) in [5.41, 5.74) is 0. The van der Waals surface area contributed by atoms with E-state index in [1.807, 2.05) is 13.8 Å². The minimum Gasteiger partial charge on any atom is -0.450 e. The third kappa shape index (κ3) is 5.79. The Labute approximate surface area is 167 Å². The smallest absolute Gasteiger partial charge is 0.409 e. The quantitative estimate of drug-likeness (QED) is 0.658. The zero-order chi connectivity index (χ0) is 19.2. The largest absolute Gasteiger partial charge is 0.450 e. The lowest BCUT2D eigenvalue weighted by atomic mass is 9.85. The van der Waals surface area contributed by atoms with Gasteiger partial charge in [-0.25, -0.2) is 4.79 Å². The highest BCUT2D eigenvalue weighted by atomic mass is 32.2. The van der Waals surface area contributed by atoms with E-state index in [9.17, 15) is 9.59 Å². The number of carbonyl (C=O) groups is 2. The molecule has 2 aliphatic rings. The van der Waals surface area contributed by atoms with E-state index in [1.165, 1.54) is 23.1 Å². The molecule has 2 amide bonds. The van der Waals surface area contributed by atoms with Crippen LogP contribution in [0, 0.1) is 6.92 Å². The Hall–Kier alpha value is -1.39. The number of amides is 2. The number of hydrogen-bond acceptors (Lipinski definition) is 8. The van der Waals surface area contributed by atoms with Gasteiger partial charge in [-0.15, -0.1) is 10.2 Å². The fourth-order valence-corrected chi connectivity index (χ4v) is 4.96. The van der Waals surface area contributed by atoms with E-state index < -0.39 is 0 Å². The fraction of sp³-hybridized carbons (Fsp3) is 0.765. The lowest BCUT2D eigenvalue weighted by Crippen LogP contribution is -2.60. The molecule has 8 nitrogen and oxygen atoms in total. The van der Waals surface area contributed by atoms with Gasteiger partial charge in [0.2, 0.25) is 5.91 Å². The lowest BCUT2D eigenvalue weighted by Gasteiger charge is -2.42. The van der Waals surface area contributed by atoms with Crippen molar-refractivity contribution in [3.05, 3.63) is 5.01 Å². The molecule has 2 fully saturated rings. The number of aryl methyl sites for hydroxylation is 1. The molecule has 0 spiro atoms. The van der Waals surface area contributed by atoms with E-state index in [-0.39, 0.29) is 18.0 Å². The van der Waals surface area contributed by atoms with Gasteiger partial charge in [0.1, 0.15) is 5.01 Å². The zero-order valence-corrected chi connectivity index (χ0v) is 17.4. The molecule has 0 unspecified atom stereocenters. The van der Waals surface area contributed by atoms with E-state index >= 15 is 0 Å². The first-order valence-corrected chi connectivity index (χ1v) is 11.3. The number of nitrogens with one attached hydrogen (secondary N) is 2. The molecule has 2 heterocycles. The van der Waals surface area contributed by atoms with E-state index in [4.69, 9.17) is 4.74 Å². The van der Waals surface area contributed by atoms with E-state index in [2.05, 4.69) is 20.8 Å². The highest BCUT2D eigenvalue weighted by molar-refractivity contribution is 8.01. The number of rotatable bonds is 7. The first-order chi connectivity index (χ1) is 13.0. The van der Waals surface area contributed by atoms with Crippen LogP contribution in [0.1, 0.15) is 37.6 Å². The highest BCUT2D eigenvalue weighted by Gasteiger charge is 2.34. The first kappa shape index (κ1) is 20.3. The Morgan fingerprint density at radius 3 is 2.56 bits per heavy atom. The van der Waals surface area contributed by atoms with Crippen LogP contribution in [-0.4, -0.2) is 70.7 Å². The number of carbonyl (C=O) groups excluding carboxylic acids is 2. The monoisotopic (exact) mass is 413 g/mol. The predicted molar refractivity (Wildman–Crippen MR) is 105 cm³/mol. The number of aromatic nitrogens is 2. The molecule has 1 aliphatic carbocycles. The van der Waals surface area contributed by atoms with Gasteiger partial charge in [0.05, 0.1) is 12.4 Å². The molecule has 27 heavy (non-hydrogen) atoms. The van der Waals surface area contributed by atoms with Crippen LogP contribution in [0.5, 0.6) is 0 Å². The summed E-state index contributed by atoms with van der Waals surface area (Å²) in [4.78, 5) is 25.7. The van der Waals surface area contributed by atoms with Crippen molar-refractivity contribution in [2.75, 3.05) is 25.4 Å². The number of thioether (sulfide) groups is 1. The maximum Gasteiger partial charge on any atom is 0.409 e. The molecule has 0 aromatic carbocycles. The van der Waals surface area contributed by atoms with Gasteiger partial charge in [-0.1, -0.05) is 23.1 Å². The second kappa shape index (κ2) is 9.70. The summed E-state index contributed by atoms with van der Waals surface area (Å²) in [6.07, 6.45) is 3.71. The molecule has 1 aromatic heterocycles. The summed E-state index contributed by atoms with van der Waals surface area (Å²) in [7, 11) is 0. The Kier molecular flexibility index (Phi) is 7.31. The van der Waals surface area contributed by atoms with E-state index in [0.29, 0.717) is 24.4 Å². The van der Waals surface area contributed by atoms with Crippen LogP contribution in [0.25, 0.3) is 0 Å². The van der Waals surface area contributed by atoms with Crippen molar-refractivity contribution in [1.82, 2.24) is 25.7 Å². The van der Waals surface area contributed by atoms with Crippen LogP contribution < -0.4 is 10.6 Å². The lowest BCUT2D eigenvalue weighted by molar-refractivity contribution is -0.120. The third-order valence-electron chi connectivity index (χ3n) is 4.93. The number of nitrogens with zero attached hydrogens (tertiary/aromatic N) is 3. The highest BCUT2D eigenvalue weighted by Crippen LogP contribution is 2.24. The molecule has 150 valence electrons. The van der Waals surface area contributed by atoms with Crippen LogP contribution in [0.4, 0.5) is 4.79 Å². The SMILES string of the molecule is CCOC(=O)N1CCC(N[C@@H]2CC[C@@H]2NC(=O)CSc2nnc(C)s2)CC1. The minimum atomic E-state index is -0.215. The van der Waals surface area contributed by atoms with Gasteiger partial charge in [0, 0.05) is 31.2 Å². The van der Waals surface area contributed by atoms with Gasteiger partial charge in [0.15, 0.2) is 4.34 Å². The molecule has 1 saturated carbocycles. The molecule has 2 atom stereocenters.